The lowest BCUT2D eigenvalue weighted by atomic mass is 9.86. The highest BCUT2D eigenvalue weighted by Crippen LogP contribution is 2.21. The van der Waals surface area contributed by atoms with Crippen LogP contribution in [-0.2, 0) is 11.2 Å². The van der Waals surface area contributed by atoms with Crippen LogP contribution < -0.4 is 5.73 Å². The van der Waals surface area contributed by atoms with Crippen molar-refractivity contribution in [2.24, 2.45) is 11.1 Å². The third kappa shape index (κ3) is 6.01. The summed E-state index contributed by atoms with van der Waals surface area (Å²) in [5, 5.41) is 4.39. The van der Waals surface area contributed by atoms with Crippen molar-refractivity contribution in [2.45, 2.75) is 66.0 Å². The van der Waals surface area contributed by atoms with E-state index in [1.54, 1.807) is 0 Å². The van der Waals surface area contributed by atoms with Gasteiger partial charge in [-0.25, -0.2) is 0 Å². The van der Waals surface area contributed by atoms with Crippen LogP contribution in [0.5, 0.6) is 0 Å². The van der Waals surface area contributed by atoms with Crippen molar-refractivity contribution in [1.29, 1.82) is 0 Å². The van der Waals surface area contributed by atoms with E-state index in [1.165, 1.54) is 0 Å². The van der Waals surface area contributed by atoms with Crippen LogP contribution in [0.4, 0.5) is 0 Å². The summed E-state index contributed by atoms with van der Waals surface area (Å²) < 4.78 is 1.87. The van der Waals surface area contributed by atoms with Crippen LogP contribution in [0.3, 0.4) is 0 Å². The predicted molar refractivity (Wildman–Crippen MR) is 78.0 cm³/mol. The van der Waals surface area contributed by atoms with E-state index < -0.39 is 0 Å². The van der Waals surface area contributed by atoms with Gasteiger partial charge in [0.05, 0.1) is 12.1 Å². The Balaban J connectivity index is 2.46. The quantitative estimate of drug-likeness (QED) is 0.860. The number of carbonyl (C=O) groups excluding carboxylic acids is 1. The number of hydrogen-bond donors (Lipinski definition) is 1. The minimum absolute atomic E-state index is 0.0558. The van der Waals surface area contributed by atoms with Gasteiger partial charge in [-0.1, -0.05) is 20.8 Å². The van der Waals surface area contributed by atoms with Gasteiger partial charge >= 0.3 is 0 Å². The van der Waals surface area contributed by atoms with Gasteiger partial charge in [-0.15, -0.1) is 0 Å². The number of Topliss-reactive ketones (excluding diaryl/α,β-unsaturated/α-hetero) is 1. The predicted octanol–water partition coefficient (Wildman–Crippen LogP) is 2.73. The second-order valence-electron chi connectivity index (χ2n) is 6.83. The van der Waals surface area contributed by atoms with Crippen LogP contribution in [0.15, 0.2) is 12.3 Å². The summed E-state index contributed by atoms with van der Waals surface area (Å²) in [6, 6.07) is 2.18. The fraction of sp³-hybridized carbons (Fsp3) is 0.733. The van der Waals surface area contributed by atoms with Gasteiger partial charge in [0.1, 0.15) is 5.78 Å². The zero-order valence-electron chi connectivity index (χ0n) is 12.8. The zero-order chi connectivity index (χ0) is 14.6. The van der Waals surface area contributed by atoms with Crippen LogP contribution >= 0.6 is 0 Å². The van der Waals surface area contributed by atoms with Crippen molar-refractivity contribution in [3.8, 4) is 0 Å². The van der Waals surface area contributed by atoms with Crippen molar-refractivity contribution < 1.29 is 4.79 Å². The Labute approximate surface area is 116 Å². The summed E-state index contributed by atoms with van der Waals surface area (Å²) in [4.78, 5) is 12.0. The largest absolute Gasteiger partial charge is 0.327 e. The Hall–Kier alpha value is -1.16. The molecule has 0 aliphatic rings. The maximum atomic E-state index is 12.0. The van der Waals surface area contributed by atoms with E-state index >= 15 is 0 Å². The average molecular weight is 265 g/mol. The molecule has 1 atom stereocenters. The molecule has 0 spiro atoms. The summed E-state index contributed by atoms with van der Waals surface area (Å²) in [7, 11) is 0. The van der Waals surface area contributed by atoms with Crippen molar-refractivity contribution in [3.05, 3.63) is 18.0 Å². The number of rotatable bonds is 6. The molecule has 0 aliphatic heterocycles. The Bertz CT molecular complexity index is 415. The van der Waals surface area contributed by atoms with Gasteiger partial charge in [0.15, 0.2) is 0 Å². The molecule has 0 saturated heterocycles. The molecule has 0 bridgehead atoms. The topological polar surface area (TPSA) is 60.9 Å². The first-order chi connectivity index (χ1) is 8.67. The molecule has 0 fully saturated rings. The molecule has 1 rings (SSSR count). The van der Waals surface area contributed by atoms with Gasteiger partial charge in [0.2, 0.25) is 0 Å². The van der Waals surface area contributed by atoms with Crippen molar-refractivity contribution in [1.82, 2.24) is 9.78 Å². The van der Waals surface area contributed by atoms with E-state index in [-0.39, 0.29) is 17.2 Å². The highest BCUT2D eigenvalue weighted by atomic mass is 16.1. The van der Waals surface area contributed by atoms with Crippen LogP contribution in [0.25, 0.3) is 0 Å². The molecular formula is C15H27N3O. The average Bonchev–Trinajstić information content (AvgIpc) is 2.62. The van der Waals surface area contributed by atoms with Gasteiger partial charge < -0.3 is 5.73 Å². The van der Waals surface area contributed by atoms with Crippen LogP contribution in [0.1, 0.15) is 59.2 Å². The minimum atomic E-state index is -0.0558. The summed E-state index contributed by atoms with van der Waals surface area (Å²) in [5.74, 6) is 0.172. The molecule has 1 aromatic rings. The van der Waals surface area contributed by atoms with E-state index in [2.05, 4.69) is 39.7 Å². The lowest BCUT2D eigenvalue weighted by molar-refractivity contribution is -0.118. The first-order valence-corrected chi connectivity index (χ1v) is 6.98. The lowest BCUT2D eigenvalue weighted by Gasteiger charge is -2.22. The van der Waals surface area contributed by atoms with Gasteiger partial charge in [-0.3, -0.25) is 9.48 Å². The number of ketones is 1. The first-order valence-electron chi connectivity index (χ1n) is 6.98. The third-order valence-electron chi connectivity index (χ3n) is 2.94. The molecular weight excluding hydrogens is 238 g/mol. The number of carbonyl (C=O) groups is 1. The van der Waals surface area contributed by atoms with Gasteiger partial charge in [-0.05, 0) is 31.7 Å². The summed E-state index contributed by atoms with van der Waals surface area (Å²) in [6.45, 7) is 10.6. The van der Waals surface area contributed by atoms with Crippen LogP contribution in [0.2, 0.25) is 0 Å². The van der Waals surface area contributed by atoms with E-state index in [0.29, 0.717) is 18.9 Å². The van der Waals surface area contributed by atoms with Gasteiger partial charge in [0.25, 0.3) is 0 Å². The van der Waals surface area contributed by atoms with Crippen molar-refractivity contribution in [2.75, 3.05) is 0 Å². The molecule has 108 valence electrons. The van der Waals surface area contributed by atoms with Crippen LogP contribution in [0, 0.1) is 5.41 Å². The second-order valence-corrected chi connectivity index (χ2v) is 6.83. The molecule has 0 saturated carbocycles. The highest BCUT2D eigenvalue weighted by Gasteiger charge is 2.18. The molecule has 2 N–H and O–H groups in total. The number of hydrogen-bond acceptors (Lipinski definition) is 3. The molecule has 0 amide bonds. The van der Waals surface area contributed by atoms with Gasteiger partial charge in [0, 0.05) is 24.7 Å². The molecule has 1 aromatic heterocycles. The molecule has 0 radical (unpaired) electrons. The summed E-state index contributed by atoms with van der Waals surface area (Å²) >= 11 is 0. The molecule has 1 unspecified atom stereocenters. The summed E-state index contributed by atoms with van der Waals surface area (Å²) in [5.41, 5.74) is 7.02. The Morgan fingerprint density at radius 2 is 2.05 bits per heavy atom. The Morgan fingerprint density at radius 1 is 1.42 bits per heavy atom. The monoisotopic (exact) mass is 265 g/mol. The first kappa shape index (κ1) is 15.9. The molecule has 1 heterocycles. The minimum Gasteiger partial charge on any atom is -0.327 e. The standard InChI is InChI=1S/C15H27N3O/c1-11(2)18-7-6-13(17-18)9-14(19)8-12(16)10-15(3,4)5/h6-7,11-12H,8-10,16H2,1-5H3. The fourth-order valence-corrected chi connectivity index (χ4v) is 2.18. The number of nitrogens with zero attached hydrogens (tertiary/aromatic N) is 2. The van der Waals surface area contributed by atoms with Crippen molar-refractivity contribution >= 4 is 5.78 Å². The smallest absolute Gasteiger partial charge is 0.140 e. The maximum absolute atomic E-state index is 12.0. The van der Waals surface area contributed by atoms with Crippen molar-refractivity contribution in [3.63, 3.8) is 0 Å². The summed E-state index contributed by atoms with van der Waals surface area (Å²) in [6.07, 6.45) is 3.60. The van der Waals surface area contributed by atoms with E-state index in [0.717, 1.165) is 12.1 Å². The fourth-order valence-electron chi connectivity index (χ4n) is 2.18. The SMILES string of the molecule is CC(C)n1ccc(CC(=O)CC(N)CC(C)(C)C)n1. The lowest BCUT2D eigenvalue weighted by Crippen LogP contribution is -2.29. The third-order valence-corrected chi connectivity index (χ3v) is 2.94. The molecule has 19 heavy (non-hydrogen) atoms. The van der Waals surface area contributed by atoms with E-state index in [4.69, 9.17) is 5.73 Å². The Kier molecular flexibility index (Phi) is 5.29. The molecule has 0 aliphatic carbocycles. The van der Waals surface area contributed by atoms with E-state index in [9.17, 15) is 4.79 Å². The van der Waals surface area contributed by atoms with Crippen LogP contribution in [-0.4, -0.2) is 21.6 Å². The van der Waals surface area contributed by atoms with E-state index in [1.807, 2.05) is 16.9 Å². The number of aromatic nitrogens is 2. The van der Waals surface area contributed by atoms with Gasteiger partial charge in [-0.2, -0.15) is 5.10 Å². The highest BCUT2D eigenvalue weighted by molar-refractivity contribution is 5.80. The Morgan fingerprint density at radius 3 is 2.53 bits per heavy atom. The molecule has 4 nitrogen and oxygen atoms in total. The number of nitrogens with two attached hydrogens (primary N) is 1. The molecule has 4 heteroatoms. The molecule has 0 aromatic carbocycles. The second kappa shape index (κ2) is 6.33. The normalized spacial score (nSPS) is 13.8. The maximum Gasteiger partial charge on any atom is 0.140 e. The zero-order valence-corrected chi connectivity index (χ0v) is 12.8.